The predicted molar refractivity (Wildman–Crippen MR) is 48.3 cm³/mol. The largest absolute Gasteiger partial charge is 0.480 e. The van der Waals surface area contributed by atoms with Crippen LogP contribution in [-0.2, 0) is 18.4 Å². The van der Waals surface area contributed by atoms with Gasteiger partial charge in [0.2, 0.25) is 0 Å². The van der Waals surface area contributed by atoms with E-state index in [1.807, 2.05) is 0 Å². The van der Waals surface area contributed by atoms with Crippen LogP contribution in [0.5, 0.6) is 0 Å². The lowest BCUT2D eigenvalue weighted by Gasteiger charge is -2.05. The summed E-state index contributed by atoms with van der Waals surface area (Å²) in [6.45, 7) is 0.620. The second-order valence-corrected chi connectivity index (χ2v) is 2.91. The maximum atomic E-state index is 10.3. The van der Waals surface area contributed by atoms with Gasteiger partial charge in [0.1, 0.15) is 12.4 Å². The normalized spacial score (nSPS) is 12.7. The molecule has 0 saturated carbocycles. The summed E-state index contributed by atoms with van der Waals surface area (Å²) >= 11 is 0. The second-order valence-electron chi connectivity index (χ2n) is 2.91. The van der Waals surface area contributed by atoms with E-state index < -0.39 is 12.0 Å². The van der Waals surface area contributed by atoms with Crippen molar-refractivity contribution in [3.63, 3.8) is 0 Å². The molecule has 1 rings (SSSR count). The molecule has 1 unspecified atom stereocenters. The molecule has 0 fully saturated rings. The Labute approximate surface area is 80.9 Å². The number of carbonyl (C=O) groups is 1. The SMILES string of the molecule is Cn1cnc(CNCC(N)C(=O)O)n1. The van der Waals surface area contributed by atoms with Crippen molar-refractivity contribution >= 4 is 5.97 Å². The van der Waals surface area contributed by atoms with Gasteiger partial charge in [0.05, 0.1) is 6.54 Å². The van der Waals surface area contributed by atoms with E-state index in [4.69, 9.17) is 10.8 Å². The standard InChI is InChI=1S/C7H13N5O2/c1-12-4-10-6(11-12)3-9-2-5(8)7(13)14/h4-5,9H,2-3,8H2,1H3,(H,13,14). The van der Waals surface area contributed by atoms with Crippen molar-refractivity contribution in [3.05, 3.63) is 12.2 Å². The molecule has 0 bridgehead atoms. The van der Waals surface area contributed by atoms with Crippen molar-refractivity contribution in [1.29, 1.82) is 0 Å². The summed E-state index contributed by atoms with van der Waals surface area (Å²) < 4.78 is 1.58. The predicted octanol–water partition coefficient (Wildman–Crippen LogP) is -1.68. The maximum Gasteiger partial charge on any atom is 0.321 e. The average Bonchev–Trinajstić information content (AvgIpc) is 2.51. The Bertz CT molecular complexity index is 311. The van der Waals surface area contributed by atoms with Crippen molar-refractivity contribution in [2.24, 2.45) is 12.8 Å². The molecule has 1 atom stereocenters. The average molecular weight is 199 g/mol. The number of aromatic nitrogens is 3. The maximum absolute atomic E-state index is 10.3. The fraction of sp³-hybridized carbons (Fsp3) is 0.571. The highest BCUT2D eigenvalue weighted by Crippen LogP contribution is 1.86. The number of nitrogens with two attached hydrogens (primary N) is 1. The van der Waals surface area contributed by atoms with Crippen molar-refractivity contribution < 1.29 is 9.90 Å². The zero-order valence-electron chi connectivity index (χ0n) is 7.84. The van der Waals surface area contributed by atoms with Crippen molar-refractivity contribution in [2.75, 3.05) is 6.54 Å². The Morgan fingerprint density at radius 1 is 1.86 bits per heavy atom. The number of rotatable bonds is 5. The lowest BCUT2D eigenvalue weighted by atomic mass is 10.3. The molecule has 0 radical (unpaired) electrons. The van der Waals surface area contributed by atoms with Crippen LogP contribution in [0, 0.1) is 0 Å². The molecule has 1 aromatic rings. The topological polar surface area (TPSA) is 106 Å². The molecule has 4 N–H and O–H groups in total. The van der Waals surface area contributed by atoms with Crippen LogP contribution in [0.15, 0.2) is 6.33 Å². The van der Waals surface area contributed by atoms with Crippen LogP contribution in [0.2, 0.25) is 0 Å². The van der Waals surface area contributed by atoms with Gasteiger partial charge in [-0.1, -0.05) is 0 Å². The first-order valence-corrected chi connectivity index (χ1v) is 4.13. The third kappa shape index (κ3) is 3.11. The molecular formula is C7H13N5O2. The molecule has 0 aliphatic carbocycles. The van der Waals surface area contributed by atoms with Gasteiger partial charge in [0, 0.05) is 13.6 Å². The highest BCUT2D eigenvalue weighted by atomic mass is 16.4. The number of aryl methyl sites for hydroxylation is 1. The summed E-state index contributed by atoms with van der Waals surface area (Å²) in [4.78, 5) is 14.3. The minimum atomic E-state index is -1.02. The smallest absolute Gasteiger partial charge is 0.321 e. The number of carboxylic acid groups (broad SMARTS) is 1. The fourth-order valence-corrected chi connectivity index (χ4v) is 0.892. The molecule has 14 heavy (non-hydrogen) atoms. The van der Waals surface area contributed by atoms with E-state index in [2.05, 4.69) is 15.4 Å². The van der Waals surface area contributed by atoms with Crippen molar-refractivity contribution in [3.8, 4) is 0 Å². The van der Waals surface area contributed by atoms with E-state index in [0.29, 0.717) is 12.4 Å². The van der Waals surface area contributed by atoms with Gasteiger partial charge in [0.25, 0.3) is 0 Å². The molecule has 0 aromatic carbocycles. The van der Waals surface area contributed by atoms with E-state index in [-0.39, 0.29) is 6.54 Å². The third-order valence-electron chi connectivity index (χ3n) is 1.61. The monoisotopic (exact) mass is 199 g/mol. The van der Waals surface area contributed by atoms with Crippen LogP contribution in [-0.4, -0.2) is 38.4 Å². The molecule has 7 heteroatoms. The van der Waals surface area contributed by atoms with E-state index in [0.717, 1.165) is 0 Å². The van der Waals surface area contributed by atoms with Gasteiger partial charge in [-0.15, -0.1) is 0 Å². The molecule has 1 aromatic heterocycles. The van der Waals surface area contributed by atoms with Crippen LogP contribution in [0.3, 0.4) is 0 Å². The van der Waals surface area contributed by atoms with Crippen LogP contribution in [0.25, 0.3) is 0 Å². The molecule has 1 heterocycles. The van der Waals surface area contributed by atoms with Gasteiger partial charge in [-0.2, -0.15) is 5.10 Å². The summed E-state index contributed by atoms with van der Waals surface area (Å²) in [7, 11) is 1.76. The van der Waals surface area contributed by atoms with Gasteiger partial charge in [-0.3, -0.25) is 9.48 Å². The molecule has 0 aliphatic rings. The highest BCUT2D eigenvalue weighted by molar-refractivity contribution is 5.73. The van der Waals surface area contributed by atoms with Crippen LogP contribution < -0.4 is 11.1 Å². The lowest BCUT2D eigenvalue weighted by molar-refractivity contribution is -0.138. The Hall–Kier alpha value is -1.47. The molecule has 78 valence electrons. The zero-order chi connectivity index (χ0) is 10.6. The minimum Gasteiger partial charge on any atom is -0.480 e. The molecular weight excluding hydrogens is 186 g/mol. The number of hydrogen-bond donors (Lipinski definition) is 3. The Morgan fingerprint density at radius 3 is 3.07 bits per heavy atom. The van der Waals surface area contributed by atoms with Crippen molar-refractivity contribution in [2.45, 2.75) is 12.6 Å². The van der Waals surface area contributed by atoms with Crippen LogP contribution in [0.4, 0.5) is 0 Å². The summed E-state index contributed by atoms with van der Waals surface area (Å²) in [6, 6.07) is -0.890. The number of aliphatic carboxylic acids is 1. The first kappa shape index (κ1) is 10.6. The van der Waals surface area contributed by atoms with E-state index in [1.165, 1.54) is 0 Å². The molecule has 0 aliphatic heterocycles. The molecule has 0 saturated heterocycles. The number of carboxylic acids is 1. The zero-order valence-corrected chi connectivity index (χ0v) is 7.84. The van der Waals surface area contributed by atoms with Gasteiger partial charge in [0.15, 0.2) is 5.82 Å². The third-order valence-corrected chi connectivity index (χ3v) is 1.61. The van der Waals surface area contributed by atoms with E-state index in [9.17, 15) is 4.79 Å². The molecule has 7 nitrogen and oxygen atoms in total. The first-order chi connectivity index (χ1) is 6.59. The summed E-state index contributed by atoms with van der Waals surface area (Å²) in [5.41, 5.74) is 5.28. The molecule has 0 amide bonds. The van der Waals surface area contributed by atoms with Crippen molar-refractivity contribution in [1.82, 2.24) is 20.1 Å². The Morgan fingerprint density at radius 2 is 2.57 bits per heavy atom. The van der Waals surface area contributed by atoms with Gasteiger partial charge < -0.3 is 16.2 Å². The number of nitrogens with zero attached hydrogens (tertiary/aromatic N) is 3. The first-order valence-electron chi connectivity index (χ1n) is 4.13. The van der Waals surface area contributed by atoms with Crippen LogP contribution in [0.1, 0.15) is 5.82 Å². The number of nitrogens with one attached hydrogen (secondary N) is 1. The second kappa shape index (κ2) is 4.68. The van der Waals surface area contributed by atoms with E-state index >= 15 is 0 Å². The Balaban J connectivity index is 2.25. The van der Waals surface area contributed by atoms with Gasteiger partial charge in [-0.25, -0.2) is 4.98 Å². The Kier molecular flexibility index (Phi) is 3.55. The lowest BCUT2D eigenvalue weighted by Crippen LogP contribution is -2.40. The summed E-state index contributed by atoms with van der Waals surface area (Å²) in [6.07, 6.45) is 1.58. The molecule has 0 spiro atoms. The fourth-order valence-electron chi connectivity index (χ4n) is 0.892. The van der Waals surface area contributed by atoms with Gasteiger partial charge >= 0.3 is 5.97 Å². The highest BCUT2D eigenvalue weighted by Gasteiger charge is 2.10. The summed E-state index contributed by atoms with van der Waals surface area (Å²) in [5, 5.41) is 15.3. The summed E-state index contributed by atoms with van der Waals surface area (Å²) in [5.74, 6) is -0.406. The quantitative estimate of drug-likeness (QED) is 0.523. The minimum absolute atomic E-state index is 0.202. The number of hydrogen-bond acceptors (Lipinski definition) is 5. The van der Waals surface area contributed by atoms with E-state index in [1.54, 1.807) is 18.1 Å². The van der Waals surface area contributed by atoms with Gasteiger partial charge in [-0.05, 0) is 0 Å². The van der Waals surface area contributed by atoms with Crippen LogP contribution >= 0.6 is 0 Å².